The Labute approximate surface area is 233 Å². The quantitative estimate of drug-likeness (QED) is 0.364. The Kier molecular flexibility index (Phi) is 8.75. The molecule has 0 bridgehead atoms. The lowest BCUT2D eigenvalue weighted by Gasteiger charge is -2.54. The zero-order chi connectivity index (χ0) is 29.8. The molecule has 0 amide bonds. The lowest BCUT2D eigenvalue weighted by Crippen LogP contribution is -2.65. The fraction of sp³-hybridized carbons (Fsp3) is 0.815. The van der Waals surface area contributed by atoms with Crippen molar-refractivity contribution in [3.63, 3.8) is 0 Å². The van der Waals surface area contributed by atoms with Crippen LogP contribution in [-0.4, -0.2) is 63.1 Å². The summed E-state index contributed by atoms with van der Waals surface area (Å²) < 4.78 is 26.3. The van der Waals surface area contributed by atoms with Crippen LogP contribution < -0.4 is 11.2 Å². The van der Waals surface area contributed by atoms with Crippen LogP contribution in [-0.2, 0) is 29.7 Å². The summed E-state index contributed by atoms with van der Waals surface area (Å²) in [7, 11) is -4.20. The predicted octanol–water partition coefficient (Wildman–Crippen LogP) is 3.98. The number of carbonyl (C=O) groups is 1. The first-order chi connectivity index (χ1) is 17.6. The van der Waals surface area contributed by atoms with Crippen molar-refractivity contribution in [2.45, 2.75) is 121 Å². The molecule has 12 heteroatoms. The van der Waals surface area contributed by atoms with Gasteiger partial charge in [0.15, 0.2) is 8.32 Å². The second-order valence-electron chi connectivity index (χ2n) is 14.3. The summed E-state index contributed by atoms with van der Waals surface area (Å²) >= 11 is 0. The van der Waals surface area contributed by atoms with Gasteiger partial charge in [-0.2, -0.15) is 0 Å². The number of hydrogen-bond acceptors (Lipinski definition) is 8. The van der Waals surface area contributed by atoms with Crippen molar-refractivity contribution in [2.75, 3.05) is 13.7 Å². The molecule has 4 atom stereocenters. The first-order valence-corrected chi connectivity index (χ1v) is 18.5. The van der Waals surface area contributed by atoms with Crippen LogP contribution in [0, 0.1) is 5.92 Å². The minimum absolute atomic E-state index is 0.0122. The summed E-state index contributed by atoms with van der Waals surface area (Å²) in [4.78, 5) is 51.0. The SMILES string of the molecule is COC(=O)CCn1cc([C@@H]2O[C@@H]3CO[Si](C(C)(C)C)(C(C)(C)C)O[C@@H]3C2CC(C)(C)[Si](C)(C)O)c(=O)[nH]c1=O. The maximum absolute atomic E-state index is 13.2. The molecule has 3 rings (SSSR count). The molecule has 2 N–H and O–H groups in total. The molecular weight excluding hydrogens is 536 g/mol. The molecule has 0 saturated carbocycles. The van der Waals surface area contributed by atoms with Gasteiger partial charge in [0.2, 0.25) is 0 Å². The van der Waals surface area contributed by atoms with Crippen LogP contribution in [0.15, 0.2) is 15.8 Å². The van der Waals surface area contributed by atoms with Gasteiger partial charge >= 0.3 is 20.2 Å². The molecule has 39 heavy (non-hydrogen) atoms. The minimum atomic E-state index is -2.85. The van der Waals surface area contributed by atoms with Crippen LogP contribution in [0.5, 0.6) is 0 Å². The predicted molar refractivity (Wildman–Crippen MR) is 153 cm³/mol. The number of aromatic amines is 1. The first kappa shape index (κ1) is 31.9. The van der Waals surface area contributed by atoms with E-state index in [2.05, 4.69) is 60.4 Å². The number of fused-ring (bicyclic) bond motifs is 1. The average Bonchev–Trinajstić information content (AvgIpc) is 3.12. The van der Waals surface area contributed by atoms with E-state index in [0.29, 0.717) is 18.6 Å². The summed E-state index contributed by atoms with van der Waals surface area (Å²) in [6.07, 6.45) is 0.610. The summed E-state index contributed by atoms with van der Waals surface area (Å²) in [5.74, 6) is -0.721. The van der Waals surface area contributed by atoms with Crippen molar-refractivity contribution in [1.82, 2.24) is 9.55 Å². The molecule has 0 spiro atoms. The maximum atomic E-state index is 13.2. The molecule has 0 aromatic carbocycles. The van der Waals surface area contributed by atoms with Crippen LogP contribution in [0.4, 0.5) is 0 Å². The van der Waals surface area contributed by atoms with Gasteiger partial charge in [-0.05, 0) is 24.6 Å². The van der Waals surface area contributed by atoms with Crippen LogP contribution in [0.2, 0.25) is 28.2 Å². The van der Waals surface area contributed by atoms with Gasteiger partial charge in [0.05, 0.1) is 37.9 Å². The number of methoxy groups -OCH3 is 1. The number of hydrogen-bond donors (Lipinski definition) is 2. The number of esters is 1. The Morgan fingerprint density at radius 3 is 2.26 bits per heavy atom. The van der Waals surface area contributed by atoms with Crippen molar-refractivity contribution in [2.24, 2.45) is 5.92 Å². The molecule has 2 aliphatic heterocycles. The number of rotatable bonds is 7. The van der Waals surface area contributed by atoms with E-state index in [4.69, 9.17) is 18.3 Å². The number of ether oxygens (including phenoxy) is 2. The van der Waals surface area contributed by atoms with Gasteiger partial charge in [0.1, 0.15) is 6.10 Å². The minimum Gasteiger partial charge on any atom is -0.469 e. The van der Waals surface area contributed by atoms with Gasteiger partial charge in [-0.15, -0.1) is 0 Å². The molecule has 10 nitrogen and oxygen atoms in total. The highest BCUT2D eigenvalue weighted by Crippen LogP contribution is 2.58. The summed E-state index contributed by atoms with van der Waals surface area (Å²) in [6.45, 7) is 21.3. The van der Waals surface area contributed by atoms with Gasteiger partial charge in [-0.1, -0.05) is 55.4 Å². The number of carbonyl (C=O) groups excluding carboxylic acids is 1. The van der Waals surface area contributed by atoms with Gasteiger partial charge in [-0.25, -0.2) is 4.79 Å². The highest BCUT2D eigenvalue weighted by Gasteiger charge is 2.65. The van der Waals surface area contributed by atoms with Crippen molar-refractivity contribution in [1.29, 1.82) is 0 Å². The Morgan fingerprint density at radius 2 is 1.74 bits per heavy atom. The van der Waals surface area contributed by atoms with E-state index in [0.717, 1.165) is 0 Å². The average molecular weight is 585 g/mol. The van der Waals surface area contributed by atoms with Gasteiger partial charge in [0.25, 0.3) is 5.56 Å². The normalized spacial score (nSPS) is 25.8. The zero-order valence-electron chi connectivity index (χ0n) is 25.5. The highest BCUT2D eigenvalue weighted by molar-refractivity contribution is 6.73. The van der Waals surface area contributed by atoms with E-state index in [1.54, 1.807) is 0 Å². The maximum Gasteiger partial charge on any atom is 0.349 e. The molecule has 2 aliphatic rings. The van der Waals surface area contributed by atoms with E-state index >= 15 is 0 Å². The fourth-order valence-corrected chi connectivity index (χ4v) is 11.8. The van der Waals surface area contributed by atoms with Gasteiger partial charge in [-0.3, -0.25) is 19.1 Å². The number of nitrogens with one attached hydrogen (secondary N) is 1. The largest absolute Gasteiger partial charge is 0.469 e. The van der Waals surface area contributed by atoms with Crippen LogP contribution in [0.1, 0.15) is 79.9 Å². The molecule has 0 radical (unpaired) electrons. The van der Waals surface area contributed by atoms with E-state index in [1.807, 2.05) is 13.1 Å². The summed E-state index contributed by atoms with van der Waals surface area (Å²) in [5.41, 5.74) is -0.831. The van der Waals surface area contributed by atoms with Crippen molar-refractivity contribution in [3.8, 4) is 0 Å². The van der Waals surface area contributed by atoms with Crippen LogP contribution >= 0.6 is 0 Å². The monoisotopic (exact) mass is 584 g/mol. The third-order valence-corrected chi connectivity index (χ3v) is 17.4. The fourth-order valence-electron chi connectivity index (χ4n) is 6.02. The lowest BCUT2D eigenvalue weighted by atomic mass is 9.85. The van der Waals surface area contributed by atoms with E-state index in [1.165, 1.54) is 17.9 Å². The molecule has 3 heterocycles. The highest BCUT2D eigenvalue weighted by atomic mass is 28.4. The summed E-state index contributed by atoms with van der Waals surface area (Å²) in [6, 6.07) is 0. The molecule has 2 fully saturated rings. The van der Waals surface area contributed by atoms with Crippen molar-refractivity contribution >= 4 is 22.8 Å². The van der Waals surface area contributed by atoms with E-state index in [-0.39, 0.29) is 35.1 Å². The molecule has 1 aromatic rings. The topological polar surface area (TPSA) is 129 Å². The Hall–Kier alpha value is -1.58. The smallest absolute Gasteiger partial charge is 0.349 e. The Bertz CT molecular complexity index is 1160. The molecule has 222 valence electrons. The molecule has 1 aromatic heterocycles. The van der Waals surface area contributed by atoms with Gasteiger partial charge < -0.3 is 23.1 Å². The van der Waals surface area contributed by atoms with E-state index in [9.17, 15) is 19.2 Å². The zero-order valence-corrected chi connectivity index (χ0v) is 27.5. The summed E-state index contributed by atoms with van der Waals surface area (Å²) in [5, 5.41) is -0.897. The number of H-pyrrole nitrogens is 1. The van der Waals surface area contributed by atoms with Crippen molar-refractivity contribution in [3.05, 3.63) is 32.6 Å². The number of aromatic nitrogens is 2. The molecular formula is C27H48N2O8Si2. The Balaban J connectivity index is 2.12. The number of aryl methyl sites for hydroxylation is 1. The van der Waals surface area contributed by atoms with Gasteiger partial charge in [0, 0.05) is 28.7 Å². The Morgan fingerprint density at radius 1 is 1.15 bits per heavy atom. The van der Waals surface area contributed by atoms with Crippen LogP contribution in [0.25, 0.3) is 0 Å². The van der Waals surface area contributed by atoms with Crippen molar-refractivity contribution < 1.29 is 27.9 Å². The second kappa shape index (κ2) is 10.7. The van der Waals surface area contributed by atoms with E-state index < -0.39 is 51.3 Å². The second-order valence-corrected chi connectivity index (χ2v) is 23.5. The standard InChI is InChI=1S/C27H48N2O8Si2/c1-25(2,3)39(26(4,5)6)35-16-19-22(37-39)17(14-27(7,8)38(10,11)33)21(36-19)18-15-29(13-12-20(30)34-9)24(32)28-23(18)31/h15,17,19,21-22,33H,12-14,16H2,1-11H3,(H,28,31,32)/t17?,19-,21-,22-/m1/s1. The number of nitrogens with zero attached hydrogens (tertiary/aromatic N) is 1. The third kappa shape index (κ3) is 6.06. The third-order valence-electron chi connectivity index (χ3n) is 8.76. The van der Waals surface area contributed by atoms with Crippen LogP contribution in [0.3, 0.4) is 0 Å². The molecule has 1 unspecified atom stereocenters. The molecule has 0 aliphatic carbocycles. The molecule has 2 saturated heterocycles. The lowest BCUT2D eigenvalue weighted by molar-refractivity contribution is -0.140. The first-order valence-electron chi connectivity index (χ1n) is 13.8.